The van der Waals surface area contributed by atoms with Gasteiger partial charge >= 0.3 is 0 Å². The standard InChI is InChI=1S/C16H23N3/c1-11-7-12(2)9-14(8-11)19-15(17)18-10-16(5-6-16)13-3-4-13/h7-9,13H,3-6,10H2,1-2H3,(H3,17,18,19). The van der Waals surface area contributed by atoms with Gasteiger partial charge in [0, 0.05) is 12.2 Å². The van der Waals surface area contributed by atoms with Gasteiger partial charge in [-0.3, -0.25) is 4.99 Å². The summed E-state index contributed by atoms with van der Waals surface area (Å²) < 4.78 is 0. The molecule has 0 bridgehead atoms. The van der Waals surface area contributed by atoms with Crippen molar-refractivity contribution in [1.82, 2.24) is 0 Å². The van der Waals surface area contributed by atoms with E-state index in [2.05, 4.69) is 42.4 Å². The molecule has 0 unspecified atom stereocenters. The highest BCUT2D eigenvalue weighted by Crippen LogP contribution is 2.61. The van der Waals surface area contributed by atoms with Gasteiger partial charge < -0.3 is 11.1 Å². The van der Waals surface area contributed by atoms with Crippen molar-refractivity contribution in [2.24, 2.45) is 22.1 Å². The Bertz CT molecular complexity index is 490. The van der Waals surface area contributed by atoms with Crippen LogP contribution in [0.25, 0.3) is 0 Å². The zero-order valence-corrected chi connectivity index (χ0v) is 11.9. The van der Waals surface area contributed by atoms with Crippen LogP contribution >= 0.6 is 0 Å². The minimum absolute atomic E-state index is 0.523. The van der Waals surface area contributed by atoms with Crippen LogP contribution in [0, 0.1) is 25.2 Å². The molecule has 102 valence electrons. The van der Waals surface area contributed by atoms with E-state index in [1.165, 1.54) is 36.8 Å². The zero-order chi connectivity index (χ0) is 13.5. The van der Waals surface area contributed by atoms with Crippen molar-refractivity contribution < 1.29 is 0 Å². The third-order valence-corrected chi connectivity index (χ3v) is 4.39. The maximum absolute atomic E-state index is 6.00. The first kappa shape index (κ1) is 12.5. The van der Waals surface area contributed by atoms with Crippen molar-refractivity contribution in [3.8, 4) is 0 Å². The van der Waals surface area contributed by atoms with Gasteiger partial charge in [-0.2, -0.15) is 0 Å². The summed E-state index contributed by atoms with van der Waals surface area (Å²) in [5.74, 6) is 1.49. The number of aryl methyl sites for hydroxylation is 2. The lowest BCUT2D eigenvalue weighted by atomic mass is 10.0. The number of hydrogen-bond donors (Lipinski definition) is 2. The molecule has 0 spiro atoms. The summed E-state index contributed by atoms with van der Waals surface area (Å²) in [6.45, 7) is 5.09. The second kappa shape index (κ2) is 4.55. The molecule has 1 aromatic rings. The molecule has 0 aromatic heterocycles. The minimum Gasteiger partial charge on any atom is -0.370 e. The summed E-state index contributed by atoms with van der Waals surface area (Å²) in [6.07, 6.45) is 5.50. The Hall–Kier alpha value is -1.51. The first-order chi connectivity index (χ1) is 9.07. The summed E-state index contributed by atoms with van der Waals surface area (Å²) in [6, 6.07) is 6.36. The van der Waals surface area contributed by atoms with Gasteiger partial charge in [0.25, 0.3) is 0 Å². The molecule has 0 aliphatic heterocycles. The Labute approximate surface area is 115 Å². The molecule has 3 nitrogen and oxygen atoms in total. The Morgan fingerprint density at radius 1 is 1.26 bits per heavy atom. The smallest absolute Gasteiger partial charge is 0.193 e. The van der Waals surface area contributed by atoms with Crippen molar-refractivity contribution in [2.75, 3.05) is 11.9 Å². The highest BCUT2D eigenvalue weighted by Gasteiger charge is 2.53. The molecular weight excluding hydrogens is 234 g/mol. The van der Waals surface area contributed by atoms with Crippen LogP contribution in [0.1, 0.15) is 36.8 Å². The summed E-state index contributed by atoms with van der Waals surface area (Å²) in [4.78, 5) is 4.56. The average Bonchev–Trinajstić information content (AvgIpc) is 3.18. The molecule has 2 aliphatic carbocycles. The third kappa shape index (κ3) is 2.91. The maximum Gasteiger partial charge on any atom is 0.193 e. The van der Waals surface area contributed by atoms with Crippen LogP contribution in [0.15, 0.2) is 23.2 Å². The van der Waals surface area contributed by atoms with E-state index in [-0.39, 0.29) is 0 Å². The van der Waals surface area contributed by atoms with E-state index in [4.69, 9.17) is 5.73 Å². The van der Waals surface area contributed by atoms with E-state index in [1.54, 1.807) is 0 Å². The zero-order valence-electron chi connectivity index (χ0n) is 11.9. The Morgan fingerprint density at radius 2 is 1.89 bits per heavy atom. The molecule has 3 heteroatoms. The molecule has 1 aromatic carbocycles. The van der Waals surface area contributed by atoms with E-state index in [0.717, 1.165) is 18.2 Å². The van der Waals surface area contributed by atoms with Crippen molar-refractivity contribution in [2.45, 2.75) is 39.5 Å². The van der Waals surface area contributed by atoms with Gasteiger partial charge in [0.15, 0.2) is 5.96 Å². The largest absolute Gasteiger partial charge is 0.370 e. The van der Waals surface area contributed by atoms with Gasteiger partial charge in [0.2, 0.25) is 0 Å². The second-order valence-corrected chi connectivity index (χ2v) is 6.34. The third-order valence-electron chi connectivity index (χ3n) is 4.39. The van der Waals surface area contributed by atoms with Gasteiger partial charge in [-0.25, -0.2) is 0 Å². The quantitative estimate of drug-likeness (QED) is 0.642. The highest BCUT2D eigenvalue weighted by molar-refractivity contribution is 5.92. The second-order valence-electron chi connectivity index (χ2n) is 6.34. The summed E-state index contributed by atoms with van der Waals surface area (Å²) in [7, 11) is 0. The lowest BCUT2D eigenvalue weighted by Gasteiger charge is -2.12. The number of aliphatic imine (C=N–C) groups is 1. The van der Waals surface area contributed by atoms with E-state index >= 15 is 0 Å². The van der Waals surface area contributed by atoms with Gasteiger partial charge in [-0.1, -0.05) is 6.07 Å². The van der Waals surface area contributed by atoms with Crippen LogP contribution in [0.5, 0.6) is 0 Å². The fraction of sp³-hybridized carbons (Fsp3) is 0.562. The van der Waals surface area contributed by atoms with E-state index in [0.29, 0.717) is 11.4 Å². The van der Waals surface area contributed by atoms with E-state index < -0.39 is 0 Å². The van der Waals surface area contributed by atoms with Gasteiger partial charge in [-0.05, 0) is 74.1 Å². The minimum atomic E-state index is 0.523. The van der Waals surface area contributed by atoms with Gasteiger partial charge in [0.05, 0.1) is 0 Å². The fourth-order valence-corrected chi connectivity index (χ4v) is 3.03. The Kier molecular flexibility index (Phi) is 3.00. The number of hydrogen-bond acceptors (Lipinski definition) is 1. The Balaban J connectivity index is 1.62. The molecular formula is C16H23N3. The number of nitrogens with zero attached hydrogens (tertiary/aromatic N) is 1. The lowest BCUT2D eigenvalue weighted by Crippen LogP contribution is -2.24. The van der Waals surface area contributed by atoms with Crippen LogP contribution in [-0.4, -0.2) is 12.5 Å². The number of nitrogens with two attached hydrogens (primary N) is 1. The molecule has 3 rings (SSSR count). The molecule has 2 aliphatic rings. The molecule has 0 saturated heterocycles. The van der Waals surface area contributed by atoms with Crippen molar-refractivity contribution in [3.05, 3.63) is 29.3 Å². The summed E-state index contributed by atoms with van der Waals surface area (Å²) in [5.41, 5.74) is 10.0. The van der Waals surface area contributed by atoms with Crippen LogP contribution in [0.4, 0.5) is 5.69 Å². The lowest BCUT2D eigenvalue weighted by molar-refractivity contribution is 0.454. The average molecular weight is 257 g/mol. The molecule has 0 atom stereocenters. The van der Waals surface area contributed by atoms with Crippen molar-refractivity contribution >= 4 is 11.6 Å². The van der Waals surface area contributed by atoms with E-state index in [1.807, 2.05) is 0 Å². The topological polar surface area (TPSA) is 50.4 Å². The van der Waals surface area contributed by atoms with Crippen molar-refractivity contribution in [3.63, 3.8) is 0 Å². The molecule has 0 heterocycles. The first-order valence-electron chi connectivity index (χ1n) is 7.23. The molecule has 3 N–H and O–H groups in total. The monoisotopic (exact) mass is 257 g/mol. The number of guanidine groups is 1. The molecule has 0 amide bonds. The highest BCUT2D eigenvalue weighted by atomic mass is 15.1. The number of anilines is 1. The van der Waals surface area contributed by atoms with Crippen molar-refractivity contribution in [1.29, 1.82) is 0 Å². The SMILES string of the molecule is Cc1cc(C)cc(NC(N)=NCC2(C3CC3)CC2)c1. The van der Waals surface area contributed by atoms with Crippen LogP contribution in [0.3, 0.4) is 0 Å². The molecule has 0 radical (unpaired) electrons. The van der Waals surface area contributed by atoms with E-state index in [9.17, 15) is 0 Å². The van der Waals surface area contributed by atoms with Gasteiger partial charge in [-0.15, -0.1) is 0 Å². The maximum atomic E-state index is 6.00. The summed E-state index contributed by atoms with van der Waals surface area (Å²) >= 11 is 0. The predicted molar refractivity (Wildman–Crippen MR) is 80.4 cm³/mol. The predicted octanol–water partition coefficient (Wildman–Crippen LogP) is 3.22. The molecule has 2 saturated carbocycles. The fourth-order valence-electron chi connectivity index (χ4n) is 3.03. The molecule has 2 fully saturated rings. The Morgan fingerprint density at radius 3 is 2.42 bits per heavy atom. The number of nitrogens with one attached hydrogen (secondary N) is 1. The molecule has 19 heavy (non-hydrogen) atoms. The van der Waals surface area contributed by atoms with Crippen LogP contribution in [0.2, 0.25) is 0 Å². The first-order valence-corrected chi connectivity index (χ1v) is 7.23. The van der Waals surface area contributed by atoms with Crippen LogP contribution < -0.4 is 11.1 Å². The normalized spacial score (nSPS) is 21.3. The summed E-state index contributed by atoms with van der Waals surface area (Å²) in [5, 5.41) is 3.21. The van der Waals surface area contributed by atoms with Crippen LogP contribution in [-0.2, 0) is 0 Å². The number of benzene rings is 1. The number of rotatable bonds is 4. The van der Waals surface area contributed by atoms with Gasteiger partial charge in [0.1, 0.15) is 0 Å².